The van der Waals surface area contributed by atoms with Crippen molar-refractivity contribution in [1.82, 2.24) is 10.3 Å². The highest BCUT2D eigenvalue weighted by molar-refractivity contribution is 5.93. The molecule has 0 spiro atoms. The van der Waals surface area contributed by atoms with Gasteiger partial charge >= 0.3 is 0 Å². The summed E-state index contributed by atoms with van der Waals surface area (Å²) in [5.74, 6) is -0.116. The van der Waals surface area contributed by atoms with Crippen molar-refractivity contribution in [3.63, 3.8) is 0 Å². The minimum Gasteiger partial charge on any atom is -0.367 e. The van der Waals surface area contributed by atoms with Crippen LogP contribution in [0.3, 0.4) is 0 Å². The molecule has 4 heteroatoms. The summed E-state index contributed by atoms with van der Waals surface area (Å²) in [6.07, 6.45) is 2.75. The minimum absolute atomic E-state index is 0.111. The van der Waals surface area contributed by atoms with Gasteiger partial charge in [0.15, 0.2) is 0 Å². The summed E-state index contributed by atoms with van der Waals surface area (Å²) in [6.45, 7) is 5.74. The van der Waals surface area contributed by atoms with Gasteiger partial charge in [0.05, 0.1) is 0 Å². The van der Waals surface area contributed by atoms with Gasteiger partial charge in [0.1, 0.15) is 5.69 Å². The van der Waals surface area contributed by atoms with Gasteiger partial charge < -0.3 is 10.2 Å². The first kappa shape index (κ1) is 14.6. The van der Waals surface area contributed by atoms with Gasteiger partial charge in [-0.05, 0) is 43.5 Å². The first-order valence-corrected chi connectivity index (χ1v) is 7.72. The van der Waals surface area contributed by atoms with E-state index in [2.05, 4.69) is 39.5 Å². The van der Waals surface area contributed by atoms with E-state index in [0.717, 1.165) is 25.2 Å². The highest BCUT2D eigenvalue weighted by atomic mass is 16.1. The van der Waals surface area contributed by atoms with Crippen molar-refractivity contribution in [3.8, 4) is 0 Å². The predicted octanol–water partition coefficient (Wildman–Crippen LogP) is 2.78. The van der Waals surface area contributed by atoms with E-state index in [9.17, 15) is 4.79 Å². The van der Waals surface area contributed by atoms with Crippen molar-refractivity contribution in [3.05, 3.63) is 59.4 Å². The molecule has 1 aromatic heterocycles. The van der Waals surface area contributed by atoms with Gasteiger partial charge in [-0.2, -0.15) is 0 Å². The Morgan fingerprint density at radius 1 is 1.23 bits per heavy atom. The van der Waals surface area contributed by atoms with Crippen LogP contribution in [0.4, 0.5) is 5.69 Å². The summed E-state index contributed by atoms with van der Waals surface area (Å²) in [7, 11) is 0. The van der Waals surface area contributed by atoms with E-state index in [-0.39, 0.29) is 11.9 Å². The molecular weight excluding hydrogens is 274 g/mol. The van der Waals surface area contributed by atoms with Crippen LogP contribution < -0.4 is 10.2 Å². The Labute approximate surface area is 131 Å². The van der Waals surface area contributed by atoms with Crippen LogP contribution in [0.1, 0.15) is 35.5 Å². The van der Waals surface area contributed by atoms with Crippen LogP contribution in [-0.2, 0) is 13.0 Å². The summed E-state index contributed by atoms with van der Waals surface area (Å²) in [4.78, 5) is 18.6. The molecule has 4 nitrogen and oxygen atoms in total. The maximum Gasteiger partial charge on any atom is 0.270 e. The van der Waals surface area contributed by atoms with Gasteiger partial charge in [-0.3, -0.25) is 9.78 Å². The second kappa shape index (κ2) is 6.18. The third-order valence-corrected chi connectivity index (χ3v) is 3.89. The zero-order valence-electron chi connectivity index (χ0n) is 13.0. The number of hydrogen-bond donors (Lipinski definition) is 1. The Bertz CT molecular complexity index is 682. The van der Waals surface area contributed by atoms with E-state index in [1.54, 1.807) is 6.20 Å². The quantitative estimate of drug-likeness (QED) is 0.947. The molecule has 114 valence electrons. The number of rotatable bonds is 3. The molecule has 0 saturated carbocycles. The SMILES string of the molecule is CC(C)NC(=O)c1cc(N2CCc3ccccc3C2)ccn1. The van der Waals surface area contributed by atoms with Crippen LogP contribution in [0.2, 0.25) is 0 Å². The third kappa shape index (κ3) is 3.11. The number of nitrogens with zero attached hydrogens (tertiary/aromatic N) is 2. The number of benzene rings is 1. The number of amides is 1. The summed E-state index contributed by atoms with van der Waals surface area (Å²) < 4.78 is 0. The van der Waals surface area contributed by atoms with Crippen molar-refractivity contribution in [2.75, 3.05) is 11.4 Å². The van der Waals surface area contributed by atoms with Gasteiger partial charge in [-0.15, -0.1) is 0 Å². The molecular formula is C18H21N3O. The van der Waals surface area contributed by atoms with E-state index < -0.39 is 0 Å². The summed E-state index contributed by atoms with van der Waals surface area (Å²) in [5.41, 5.74) is 4.31. The zero-order chi connectivity index (χ0) is 15.5. The molecule has 0 radical (unpaired) electrons. The van der Waals surface area contributed by atoms with Gasteiger partial charge in [0.25, 0.3) is 5.91 Å². The molecule has 2 aromatic rings. The van der Waals surface area contributed by atoms with Crippen LogP contribution in [0.15, 0.2) is 42.6 Å². The molecule has 1 aliphatic rings. The third-order valence-electron chi connectivity index (χ3n) is 3.89. The molecule has 3 rings (SSSR count). The summed E-state index contributed by atoms with van der Waals surface area (Å²) >= 11 is 0. The average Bonchev–Trinajstić information content (AvgIpc) is 2.54. The van der Waals surface area contributed by atoms with E-state index in [4.69, 9.17) is 0 Å². The zero-order valence-corrected chi connectivity index (χ0v) is 13.0. The molecule has 1 amide bonds. The number of carbonyl (C=O) groups is 1. The smallest absolute Gasteiger partial charge is 0.270 e. The molecule has 0 fully saturated rings. The molecule has 1 aliphatic heterocycles. The molecule has 0 unspecified atom stereocenters. The number of fused-ring (bicyclic) bond motifs is 1. The number of aromatic nitrogens is 1. The van der Waals surface area contributed by atoms with Crippen LogP contribution in [0.5, 0.6) is 0 Å². The number of pyridine rings is 1. The van der Waals surface area contributed by atoms with Gasteiger partial charge in [0.2, 0.25) is 0 Å². The molecule has 22 heavy (non-hydrogen) atoms. The number of anilines is 1. The van der Waals surface area contributed by atoms with Crippen LogP contribution in [0, 0.1) is 0 Å². The minimum atomic E-state index is -0.116. The fraction of sp³-hybridized carbons (Fsp3) is 0.333. The molecule has 1 aromatic carbocycles. The first-order chi connectivity index (χ1) is 10.6. The highest BCUT2D eigenvalue weighted by Crippen LogP contribution is 2.24. The number of carbonyl (C=O) groups excluding carboxylic acids is 1. The van der Waals surface area contributed by atoms with Crippen LogP contribution in [0.25, 0.3) is 0 Å². The monoisotopic (exact) mass is 295 g/mol. The maximum absolute atomic E-state index is 12.1. The molecule has 1 N–H and O–H groups in total. The standard InChI is InChI=1S/C18H21N3O/c1-13(2)20-18(22)17-11-16(7-9-19-17)21-10-8-14-5-3-4-6-15(14)12-21/h3-7,9,11,13H,8,10,12H2,1-2H3,(H,20,22). The van der Waals surface area contributed by atoms with Crippen molar-refractivity contribution >= 4 is 11.6 Å². The highest BCUT2D eigenvalue weighted by Gasteiger charge is 2.17. The van der Waals surface area contributed by atoms with E-state index >= 15 is 0 Å². The number of nitrogens with one attached hydrogen (secondary N) is 1. The molecule has 0 atom stereocenters. The normalized spacial score (nSPS) is 13.9. The number of hydrogen-bond acceptors (Lipinski definition) is 3. The van der Waals surface area contributed by atoms with E-state index in [1.807, 2.05) is 26.0 Å². The Morgan fingerprint density at radius 2 is 2.00 bits per heavy atom. The lowest BCUT2D eigenvalue weighted by Crippen LogP contribution is -2.32. The van der Waals surface area contributed by atoms with E-state index in [1.165, 1.54) is 11.1 Å². The van der Waals surface area contributed by atoms with E-state index in [0.29, 0.717) is 5.69 Å². The molecule has 0 saturated heterocycles. The lowest BCUT2D eigenvalue weighted by molar-refractivity contribution is 0.0938. The van der Waals surface area contributed by atoms with Crippen molar-refractivity contribution in [2.45, 2.75) is 32.9 Å². The second-order valence-electron chi connectivity index (χ2n) is 5.97. The average molecular weight is 295 g/mol. The van der Waals surface area contributed by atoms with Gasteiger partial charge in [-0.25, -0.2) is 0 Å². The van der Waals surface area contributed by atoms with Crippen LogP contribution >= 0.6 is 0 Å². The fourth-order valence-electron chi connectivity index (χ4n) is 2.79. The second-order valence-corrected chi connectivity index (χ2v) is 5.97. The first-order valence-electron chi connectivity index (χ1n) is 7.72. The predicted molar refractivity (Wildman–Crippen MR) is 88.0 cm³/mol. The van der Waals surface area contributed by atoms with Gasteiger partial charge in [-0.1, -0.05) is 24.3 Å². The topological polar surface area (TPSA) is 45.2 Å². The lowest BCUT2D eigenvalue weighted by atomic mass is 9.99. The molecule has 2 heterocycles. The molecule has 0 bridgehead atoms. The maximum atomic E-state index is 12.1. The van der Waals surface area contributed by atoms with Crippen molar-refractivity contribution < 1.29 is 4.79 Å². The van der Waals surface area contributed by atoms with Gasteiger partial charge in [0, 0.05) is 31.0 Å². The Kier molecular flexibility index (Phi) is 4.09. The largest absolute Gasteiger partial charge is 0.367 e. The Hall–Kier alpha value is -2.36. The van der Waals surface area contributed by atoms with Crippen molar-refractivity contribution in [2.24, 2.45) is 0 Å². The lowest BCUT2D eigenvalue weighted by Gasteiger charge is -2.30. The summed E-state index contributed by atoms with van der Waals surface area (Å²) in [6, 6.07) is 12.5. The molecule has 0 aliphatic carbocycles. The Morgan fingerprint density at radius 3 is 2.77 bits per heavy atom. The Balaban J connectivity index is 1.80. The van der Waals surface area contributed by atoms with Crippen molar-refractivity contribution in [1.29, 1.82) is 0 Å². The fourth-order valence-corrected chi connectivity index (χ4v) is 2.79. The summed E-state index contributed by atoms with van der Waals surface area (Å²) in [5, 5.41) is 2.88. The van der Waals surface area contributed by atoms with Crippen LogP contribution in [-0.4, -0.2) is 23.5 Å².